The first-order valence-electron chi connectivity index (χ1n) is 6.79. The molecule has 0 bridgehead atoms. The maximum atomic E-state index is 11.9. The summed E-state index contributed by atoms with van der Waals surface area (Å²) in [6.07, 6.45) is 3.18. The summed E-state index contributed by atoms with van der Waals surface area (Å²) in [4.78, 5) is 25.3. The highest BCUT2D eigenvalue weighted by atomic mass is 32.2. The third-order valence-electron chi connectivity index (χ3n) is 3.37. The standard InChI is InChI=1S/C15H20N2O2S/c1-20-11-14(18)16-13-9-15(19)17(10-13)8-7-12-5-3-2-4-6-12/h2-6,13H,7-11H2,1H3,(H,16,18)/t13-/m0/s1. The Morgan fingerprint density at radius 2 is 2.15 bits per heavy atom. The number of hydrogen-bond acceptors (Lipinski definition) is 3. The van der Waals surface area contributed by atoms with Crippen LogP contribution in [0.4, 0.5) is 0 Å². The fourth-order valence-corrected chi connectivity index (χ4v) is 2.74. The molecular weight excluding hydrogens is 272 g/mol. The second kappa shape index (κ2) is 7.33. The van der Waals surface area contributed by atoms with Crippen LogP contribution in [0.5, 0.6) is 0 Å². The molecule has 1 aromatic carbocycles. The molecule has 1 saturated heterocycles. The van der Waals surface area contributed by atoms with E-state index >= 15 is 0 Å². The van der Waals surface area contributed by atoms with Crippen molar-refractivity contribution >= 4 is 23.6 Å². The van der Waals surface area contributed by atoms with Gasteiger partial charge in [-0.1, -0.05) is 30.3 Å². The van der Waals surface area contributed by atoms with Crippen molar-refractivity contribution in [3.05, 3.63) is 35.9 Å². The summed E-state index contributed by atoms with van der Waals surface area (Å²) in [6.45, 7) is 1.35. The molecular formula is C15H20N2O2S. The Labute approximate surface area is 123 Å². The number of nitrogens with one attached hydrogen (secondary N) is 1. The zero-order valence-corrected chi connectivity index (χ0v) is 12.5. The minimum atomic E-state index is -0.0297. The van der Waals surface area contributed by atoms with Gasteiger partial charge in [-0.25, -0.2) is 0 Å². The van der Waals surface area contributed by atoms with E-state index in [1.807, 2.05) is 29.4 Å². The van der Waals surface area contributed by atoms with E-state index in [1.165, 1.54) is 17.3 Å². The molecule has 0 aromatic heterocycles. The van der Waals surface area contributed by atoms with E-state index in [0.717, 1.165) is 13.0 Å². The molecule has 1 aliphatic rings. The maximum absolute atomic E-state index is 11.9. The van der Waals surface area contributed by atoms with Gasteiger partial charge < -0.3 is 10.2 Å². The lowest BCUT2D eigenvalue weighted by Gasteiger charge is -2.17. The van der Waals surface area contributed by atoms with Crippen molar-refractivity contribution in [1.29, 1.82) is 0 Å². The summed E-state index contributed by atoms with van der Waals surface area (Å²) in [5.41, 5.74) is 1.23. The number of likely N-dealkylation sites (tertiary alicyclic amines) is 1. The van der Waals surface area contributed by atoms with Crippen molar-refractivity contribution in [1.82, 2.24) is 10.2 Å². The van der Waals surface area contributed by atoms with Gasteiger partial charge in [0.2, 0.25) is 11.8 Å². The second-order valence-electron chi connectivity index (χ2n) is 4.98. The van der Waals surface area contributed by atoms with Crippen molar-refractivity contribution < 1.29 is 9.59 Å². The fraction of sp³-hybridized carbons (Fsp3) is 0.467. The average molecular weight is 292 g/mol. The van der Waals surface area contributed by atoms with Gasteiger partial charge in [0.05, 0.1) is 11.8 Å². The monoisotopic (exact) mass is 292 g/mol. The smallest absolute Gasteiger partial charge is 0.230 e. The van der Waals surface area contributed by atoms with E-state index in [1.54, 1.807) is 0 Å². The molecule has 4 nitrogen and oxygen atoms in total. The Bertz CT molecular complexity index is 464. The maximum Gasteiger partial charge on any atom is 0.230 e. The van der Waals surface area contributed by atoms with E-state index in [9.17, 15) is 9.59 Å². The van der Waals surface area contributed by atoms with Crippen molar-refractivity contribution in [3.63, 3.8) is 0 Å². The van der Waals surface area contributed by atoms with Crippen molar-refractivity contribution in [3.8, 4) is 0 Å². The minimum absolute atomic E-state index is 0.0141. The quantitative estimate of drug-likeness (QED) is 0.860. The number of benzene rings is 1. The van der Waals surface area contributed by atoms with E-state index in [-0.39, 0.29) is 17.9 Å². The number of hydrogen-bond donors (Lipinski definition) is 1. The highest BCUT2D eigenvalue weighted by Gasteiger charge is 2.29. The van der Waals surface area contributed by atoms with E-state index in [4.69, 9.17) is 0 Å². The molecule has 2 amide bonds. The lowest BCUT2D eigenvalue weighted by atomic mass is 10.1. The van der Waals surface area contributed by atoms with Crippen LogP contribution in [0.2, 0.25) is 0 Å². The normalized spacial score (nSPS) is 18.4. The fourth-order valence-electron chi connectivity index (χ4n) is 2.39. The zero-order valence-electron chi connectivity index (χ0n) is 11.7. The summed E-state index contributed by atoms with van der Waals surface area (Å²) >= 11 is 1.49. The van der Waals surface area contributed by atoms with E-state index < -0.39 is 0 Å². The van der Waals surface area contributed by atoms with Gasteiger partial charge in [0.25, 0.3) is 0 Å². The van der Waals surface area contributed by atoms with Gasteiger partial charge in [-0.15, -0.1) is 0 Å². The highest BCUT2D eigenvalue weighted by Crippen LogP contribution is 2.12. The summed E-state index contributed by atoms with van der Waals surface area (Å²) in [6, 6.07) is 10.1. The largest absolute Gasteiger partial charge is 0.350 e. The van der Waals surface area contributed by atoms with Crippen molar-refractivity contribution in [2.75, 3.05) is 25.1 Å². The van der Waals surface area contributed by atoms with Gasteiger partial charge in [0, 0.05) is 19.5 Å². The average Bonchev–Trinajstić information content (AvgIpc) is 2.78. The molecule has 0 radical (unpaired) electrons. The van der Waals surface area contributed by atoms with E-state index in [0.29, 0.717) is 18.7 Å². The molecule has 0 spiro atoms. The summed E-state index contributed by atoms with van der Waals surface area (Å²) in [5, 5.41) is 2.92. The molecule has 1 N–H and O–H groups in total. The molecule has 0 saturated carbocycles. The molecule has 20 heavy (non-hydrogen) atoms. The molecule has 5 heteroatoms. The Morgan fingerprint density at radius 3 is 2.85 bits per heavy atom. The first-order chi connectivity index (χ1) is 9.69. The molecule has 1 fully saturated rings. The van der Waals surface area contributed by atoms with Crippen molar-refractivity contribution in [2.45, 2.75) is 18.9 Å². The second-order valence-corrected chi connectivity index (χ2v) is 5.84. The Kier molecular flexibility index (Phi) is 5.47. The van der Waals surface area contributed by atoms with Crippen LogP contribution in [-0.2, 0) is 16.0 Å². The first kappa shape index (κ1) is 14.9. The first-order valence-corrected chi connectivity index (χ1v) is 8.18. The molecule has 2 rings (SSSR count). The highest BCUT2D eigenvalue weighted by molar-refractivity contribution is 7.99. The van der Waals surface area contributed by atoms with Crippen LogP contribution < -0.4 is 5.32 Å². The lowest BCUT2D eigenvalue weighted by Crippen LogP contribution is -2.38. The van der Waals surface area contributed by atoms with Crippen LogP contribution in [0.15, 0.2) is 30.3 Å². The Hall–Kier alpha value is -1.49. The van der Waals surface area contributed by atoms with Crippen LogP contribution in [0, 0.1) is 0 Å². The van der Waals surface area contributed by atoms with Gasteiger partial charge in [-0.3, -0.25) is 9.59 Å². The third kappa shape index (κ3) is 4.27. The molecule has 0 aliphatic carbocycles. The molecule has 1 atom stereocenters. The Morgan fingerprint density at radius 1 is 1.40 bits per heavy atom. The molecule has 0 unspecified atom stereocenters. The van der Waals surface area contributed by atoms with Crippen LogP contribution in [-0.4, -0.2) is 47.9 Å². The van der Waals surface area contributed by atoms with Crippen LogP contribution in [0.25, 0.3) is 0 Å². The number of thioether (sulfide) groups is 1. The predicted molar refractivity (Wildman–Crippen MR) is 81.7 cm³/mol. The van der Waals surface area contributed by atoms with Gasteiger partial charge in [-0.2, -0.15) is 11.8 Å². The third-order valence-corrected chi connectivity index (χ3v) is 3.92. The number of amides is 2. The lowest BCUT2D eigenvalue weighted by molar-refractivity contribution is -0.127. The number of rotatable bonds is 6. The zero-order chi connectivity index (χ0) is 14.4. The predicted octanol–water partition coefficient (Wildman–Crippen LogP) is 1.31. The van der Waals surface area contributed by atoms with Gasteiger partial charge in [0.1, 0.15) is 0 Å². The van der Waals surface area contributed by atoms with Crippen LogP contribution in [0.3, 0.4) is 0 Å². The van der Waals surface area contributed by atoms with Gasteiger partial charge in [0.15, 0.2) is 0 Å². The topological polar surface area (TPSA) is 49.4 Å². The summed E-state index contributed by atoms with van der Waals surface area (Å²) < 4.78 is 0. The number of carbonyl (C=O) groups excluding carboxylic acids is 2. The van der Waals surface area contributed by atoms with Crippen LogP contribution >= 0.6 is 11.8 Å². The summed E-state index contributed by atoms with van der Waals surface area (Å²) in [7, 11) is 0. The van der Waals surface area contributed by atoms with Gasteiger partial charge >= 0.3 is 0 Å². The molecule has 1 aromatic rings. The molecule has 1 heterocycles. The van der Waals surface area contributed by atoms with Gasteiger partial charge in [-0.05, 0) is 18.2 Å². The molecule has 1 aliphatic heterocycles. The molecule has 108 valence electrons. The summed E-state index contributed by atoms with van der Waals surface area (Å²) in [5.74, 6) is 0.602. The number of nitrogens with zero attached hydrogens (tertiary/aromatic N) is 1. The van der Waals surface area contributed by atoms with Crippen LogP contribution in [0.1, 0.15) is 12.0 Å². The minimum Gasteiger partial charge on any atom is -0.350 e. The van der Waals surface area contributed by atoms with E-state index in [2.05, 4.69) is 17.4 Å². The Balaban J connectivity index is 1.79. The number of carbonyl (C=O) groups is 2. The SMILES string of the molecule is CSCC(=O)N[C@H]1CC(=O)N(CCc2ccccc2)C1. The van der Waals surface area contributed by atoms with Crippen molar-refractivity contribution in [2.24, 2.45) is 0 Å².